The lowest BCUT2D eigenvalue weighted by Gasteiger charge is -2.26. The number of rotatable bonds is 5. The van der Waals surface area contributed by atoms with E-state index in [9.17, 15) is 13.2 Å². The molecule has 1 aromatic carbocycles. The number of nitrogens with zero attached hydrogens (tertiary/aromatic N) is 1. The number of halogens is 1. The number of carbonyl (C=O) groups is 1. The van der Waals surface area contributed by atoms with Crippen molar-refractivity contribution < 1.29 is 18.3 Å². The molecule has 5 nitrogen and oxygen atoms in total. The minimum Gasteiger partial charge on any atom is -0.480 e. The first-order valence-corrected chi connectivity index (χ1v) is 9.05. The van der Waals surface area contributed by atoms with Crippen LogP contribution in [0.2, 0.25) is 0 Å². The maximum atomic E-state index is 12.8. The molecule has 0 amide bonds. The average molecular weight is 376 g/mol. The van der Waals surface area contributed by atoms with Gasteiger partial charge >= 0.3 is 5.97 Å². The standard InChI is InChI=1S/C14H18BrNO4S/c1-10-8-12(6-7-13(10)15)21(19,20)16(9-14(17)18)11-4-2-3-5-11/h6-8,11H,2-5,9H2,1H3,(H,17,18). The van der Waals surface area contributed by atoms with Gasteiger partial charge < -0.3 is 5.11 Å². The molecule has 1 N–H and O–H groups in total. The lowest BCUT2D eigenvalue weighted by Crippen LogP contribution is -2.42. The van der Waals surface area contributed by atoms with Crippen LogP contribution in [0.15, 0.2) is 27.6 Å². The van der Waals surface area contributed by atoms with E-state index in [-0.39, 0.29) is 10.9 Å². The molecule has 0 atom stereocenters. The van der Waals surface area contributed by atoms with Gasteiger partial charge in [0.15, 0.2) is 0 Å². The molecule has 0 aromatic heterocycles. The molecular weight excluding hydrogens is 358 g/mol. The Morgan fingerprint density at radius 3 is 2.52 bits per heavy atom. The van der Waals surface area contributed by atoms with Gasteiger partial charge in [-0.25, -0.2) is 8.42 Å². The summed E-state index contributed by atoms with van der Waals surface area (Å²) in [6, 6.07) is 4.55. The van der Waals surface area contributed by atoms with Gasteiger partial charge in [-0.05, 0) is 43.5 Å². The summed E-state index contributed by atoms with van der Waals surface area (Å²) in [5.74, 6) is -1.13. The van der Waals surface area contributed by atoms with Crippen molar-refractivity contribution in [1.82, 2.24) is 4.31 Å². The Bertz CT molecular complexity index is 638. The number of benzene rings is 1. The van der Waals surface area contributed by atoms with Gasteiger partial charge in [0.2, 0.25) is 10.0 Å². The average Bonchev–Trinajstić information content (AvgIpc) is 2.92. The monoisotopic (exact) mass is 375 g/mol. The highest BCUT2D eigenvalue weighted by atomic mass is 79.9. The van der Waals surface area contributed by atoms with E-state index in [1.807, 2.05) is 0 Å². The molecule has 0 bridgehead atoms. The summed E-state index contributed by atoms with van der Waals surface area (Å²) in [4.78, 5) is 11.2. The van der Waals surface area contributed by atoms with Crippen molar-refractivity contribution in [1.29, 1.82) is 0 Å². The van der Waals surface area contributed by atoms with Crippen LogP contribution in [0.25, 0.3) is 0 Å². The largest absolute Gasteiger partial charge is 0.480 e. The van der Waals surface area contributed by atoms with Crippen molar-refractivity contribution in [3.05, 3.63) is 28.2 Å². The van der Waals surface area contributed by atoms with Crippen LogP contribution >= 0.6 is 15.9 Å². The van der Waals surface area contributed by atoms with Crippen LogP contribution < -0.4 is 0 Å². The summed E-state index contributed by atoms with van der Waals surface area (Å²) >= 11 is 3.34. The van der Waals surface area contributed by atoms with Crippen LogP contribution in [-0.2, 0) is 14.8 Å². The van der Waals surface area contributed by atoms with Crippen LogP contribution in [0.4, 0.5) is 0 Å². The molecule has 0 saturated heterocycles. The van der Waals surface area contributed by atoms with Gasteiger partial charge in [0.25, 0.3) is 0 Å². The summed E-state index contributed by atoms with van der Waals surface area (Å²) in [7, 11) is -3.79. The van der Waals surface area contributed by atoms with Crippen LogP contribution in [0.1, 0.15) is 31.2 Å². The number of sulfonamides is 1. The molecule has 1 aliphatic carbocycles. The van der Waals surface area contributed by atoms with Crippen molar-refractivity contribution in [2.45, 2.75) is 43.5 Å². The van der Waals surface area contributed by atoms with E-state index in [0.29, 0.717) is 0 Å². The van der Waals surface area contributed by atoms with Crippen LogP contribution in [-0.4, -0.2) is 36.4 Å². The van der Waals surface area contributed by atoms with E-state index in [4.69, 9.17) is 5.11 Å². The summed E-state index contributed by atoms with van der Waals surface area (Å²) in [6.45, 7) is 1.32. The summed E-state index contributed by atoms with van der Waals surface area (Å²) < 4.78 is 27.5. The third kappa shape index (κ3) is 3.64. The Morgan fingerprint density at radius 2 is 2.00 bits per heavy atom. The summed E-state index contributed by atoms with van der Waals surface area (Å²) in [5.41, 5.74) is 0.803. The fraction of sp³-hybridized carbons (Fsp3) is 0.500. The third-order valence-corrected chi connectivity index (χ3v) is 6.54. The Hall–Kier alpha value is -0.920. The first-order chi connectivity index (χ1) is 9.82. The molecule has 1 aromatic rings. The maximum Gasteiger partial charge on any atom is 0.318 e. The number of aryl methyl sites for hydroxylation is 1. The van der Waals surface area contributed by atoms with E-state index in [0.717, 1.165) is 40.0 Å². The normalized spacial score (nSPS) is 16.5. The highest BCUT2D eigenvalue weighted by molar-refractivity contribution is 9.10. The smallest absolute Gasteiger partial charge is 0.318 e. The second-order valence-electron chi connectivity index (χ2n) is 5.29. The zero-order valence-electron chi connectivity index (χ0n) is 11.8. The number of aliphatic carboxylic acids is 1. The zero-order valence-corrected chi connectivity index (χ0v) is 14.2. The van der Waals surface area contributed by atoms with E-state index >= 15 is 0 Å². The molecule has 0 spiro atoms. The fourth-order valence-electron chi connectivity index (χ4n) is 2.65. The van der Waals surface area contributed by atoms with Gasteiger partial charge in [0, 0.05) is 10.5 Å². The number of hydrogen-bond donors (Lipinski definition) is 1. The quantitative estimate of drug-likeness (QED) is 0.858. The lowest BCUT2D eigenvalue weighted by atomic mass is 10.2. The number of carboxylic acids is 1. The van der Waals surface area contributed by atoms with E-state index in [1.54, 1.807) is 19.1 Å². The van der Waals surface area contributed by atoms with Gasteiger partial charge in [-0.2, -0.15) is 4.31 Å². The van der Waals surface area contributed by atoms with Gasteiger partial charge in [-0.3, -0.25) is 4.79 Å². The Kier molecular flexibility index (Phi) is 5.06. The molecule has 2 rings (SSSR count). The third-order valence-electron chi connectivity index (χ3n) is 3.76. The zero-order chi connectivity index (χ0) is 15.6. The SMILES string of the molecule is Cc1cc(S(=O)(=O)N(CC(=O)O)C2CCCC2)ccc1Br. The molecular formula is C14H18BrNO4S. The van der Waals surface area contributed by atoms with Crippen molar-refractivity contribution in [2.24, 2.45) is 0 Å². The minimum absolute atomic E-state index is 0.149. The first kappa shape index (κ1) is 16.5. The van der Waals surface area contributed by atoms with Crippen molar-refractivity contribution in [3.63, 3.8) is 0 Å². The van der Waals surface area contributed by atoms with Gasteiger partial charge in [-0.15, -0.1) is 0 Å². The minimum atomic E-state index is -3.79. The van der Waals surface area contributed by atoms with Crippen LogP contribution in [0.3, 0.4) is 0 Å². The number of carboxylic acid groups (broad SMARTS) is 1. The molecule has 1 fully saturated rings. The van der Waals surface area contributed by atoms with E-state index in [2.05, 4.69) is 15.9 Å². The molecule has 0 heterocycles. The van der Waals surface area contributed by atoms with Crippen LogP contribution in [0.5, 0.6) is 0 Å². The predicted molar refractivity (Wildman–Crippen MR) is 82.7 cm³/mol. The molecule has 0 aliphatic heterocycles. The summed E-state index contributed by atoms with van der Waals surface area (Å²) in [6.07, 6.45) is 3.33. The van der Waals surface area contributed by atoms with Gasteiger partial charge in [-0.1, -0.05) is 28.8 Å². The topological polar surface area (TPSA) is 74.7 Å². The fourth-order valence-corrected chi connectivity index (χ4v) is 4.62. The second kappa shape index (κ2) is 6.46. The highest BCUT2D eigenvalue weighted by Gasteiger charge is 2.34. The van der Waals surface area contributed by atoms with E-state index in [1.165, 1.54) is 6.07 Å². The molecule has 116 valence electrons. The van der Waals surface area contributed by atoms with Crippen molar-refractivity contribution in [2.75, 3.05) is 6.54 Å². The predicted octanol–water partition coefficient (Wildman–Crippen LogP) is 2.78. The Balaban J connectivity index is 2.40. The molecule has 0 unspecified atom stereocenters. The lowest BCUT2D eigenvalue weighted by molar-refractivity contribution is -0.137. The Labute approximate surface area is 133 Å². The first-order valence-electron chi connectivity index (χ1n) is 6.82. The molecule has 1 aliphatic rings. The second-order valence-corrected chi connectivity index (χ2v) is 8.04. The number of hydrogen-bond acceptors (Lipinski definition) is 3. The van der Waals surface area contributed by atoms with E-state index < -0.39 is 22.5 Å². The van der Waals surface area contributed by atoms with Crippen molar-refractivity contribution >= 4 is 31.9 Å². The summed E-state index contributed by atoms with van der Waals surface area (Å²) in [5, 5.41) is 9.04. The molecule has 1 saturated carbocycles. The molecule has 7 heteroatoms. The van der Waals surface area contributed by atoms with Gasteiger partial charge in [0.05, 0.1) is 4.90 Å². The van der Waals surface area contributed by atoms with Crippen LogP contribution in [0, 0.1) is 6.92 Å². The molecule has 0 radical (unpaired) electrons. The van der Waals surface area contributed by atoms with Crippen molar-refractivity contribution in [3.8, 4) is 0 Å². The highest BCUT2D eigenvalue weighted by Crippen LogP contribution is 2.29. The van der Waals surface area contributed by atoms with Gasteiger partial charge in [0.1, 0.15) is 6.54 Å². The maximum absolute atomic E-state index is 12.8. The Morgan fingerprint density at radius 1 is 1.38 bits per heavy atom. The molecule has 21 heavy (non-hydrogen) atoms.